The first kappa shape index (κ1) is 13.9. The van der Waals surface area contributed by atoms with Gasteiger partial charge in [-0.1, -0.05) is 0 Å². The molecule has 2 aromatic heterocycles. The Hall–Kier alpha value is -2.10. The zero-order valence-electron chi connectivity index (χ0n) is 12.4. The van der Waals surface area contributed by atoms with Crippen molar-refractivity contribution in [2.45, 2.75) is 31.7 Å². The molecule has 1 saturated heterocycles. The standard InChI is InChI=1S/C15H18N4O2/c1-15(21-3)7-6-12(20-2)19(15)14-10(9-16)13-11(18-14)5-4-8-17-13/h4-5,8,12,18H,6-7H2,1-3H3/t12?,15-/m0/s1. The normalized spacial score (nSPS) is 25.4. The number of anilines is 1. The predicted octanol–water partition coefficient (Wildman–Crippen LogP) is 2.37. The van der Waals surface area contributed by atoms with Gasteiger partial charge in [0, 0.05) is 20.4 Å². The fraction of sp³-hybridized carbons (Fsp3) is 0.467. The minimum absolute atomic E-state index is 0.130. The Morgan fingerprint density at radius 2 is 2.33 bits per heavy atom. The Balaban J connectivity index is 2.20. The second-order valence-electron chi connectivity index (χ2n) is 5.34. The van der Waals surface area contributed by atoms with Crippen molar-refractivity contribution in [3.63, 3.8) is 0 Å². The summed E-state index contributed by atoms with van der Waals surface area (Å²) in [6, 6.07) is 6.01. The molecule has 1 aliphatic heterocycles. The van der Waals surface area contributed by atoms with Gasteiger partial charge in [0.15, 0.2) is 0 Å². The van der Waals surface area contributed by atoms with Crippen LogP contribution in [0.4, 0.5) is 5.82 Å². The third-order valence-electron chi connectivity index (χ3n) is 4.25. The van der Waals surface area contributed by atoms with Gasteiger partial charge in [0.2, 0.25) is 0 Å². The maximum Gasteiger partial charge on any atom is 0.141 e. The smallest absolute Gasteiger partial charge is 0.141 e. The van der Waals surface area contributed by atoms with E-state index in [1.54, 1.807) is 20.4 Å². The predicted molar refractivity (Wildman–Crippen MR) is 78.7 cm³/mol. The largest absolute Gasteiger partial charge is 0.361 e. The average Bonchev–Trinajstić information content (AvgIpc) is 3.04. The van der Waals surface area contributed by atoms with Crippen LogP contribution in [0.5, 0.6) is 0 Å². The van der Waals surface area contributed by atoms with Gasteiger partial charge in [-0.05, 0) is 31.9 Å². The number of nitrogens with zero attached hydrogens (tertiary/aromatic N) is 3. The Morgan fingerprint density at radius 1 is 1.52 bits per heavy atom. The molecule has 110 valence electrons. The molecule has 2 atom stereocenters. The van der Waals surface area contributed by atoms with Crippen LogP contribution in [-0.2, 0) is 9.47 Å². The van der Waals surface area contributed by atoms with E-state index < -0.39 is 5.72 Å². The van der Waals surface area contributed by atoms with Crippen molar-refractivity contribution in [1.29, 1.82) is 5.26 Å². The van der Waals surface area contributed by atoms with Crippen LogP contribution in [0.1, 0.15) is 25.3 Å². The summed E-state index contributed by atoms with van der Waals surface area (Å²) in [5, 5.41) is 9.55. The maximum atomic E-state index is 9.55. The Kier molecular flexibility index (Phi) is 3.32. The molecule has 0 bridgehead atoms. The van der Waals surface area contributed by atoms with Gasteiger partial charge in [-0.15, -0.1) is 0 Å². The number of aromatic amines is 1. The lowest BCUT2D eigenvalue weighted by molar-refractivity contribution is -0.00148. The van der Waals surface area contributed by atoms with Crippen LogP contribution in [0.25, 0.3) is 11.0 Å². The van der Waals surface area contributed by atoms with Crippen molar-refractivity contribution in [2.24, 2.45) is 0 Å². The summed E-state index contributed by atoms with van der Waals surface area (Å²) in [5.41, 5.74) is 1.53. The highest BCUT2D eigenvalue weighted by atomic mass is 16.5. The average molecular weight is 286 g/mol. The van der Waals surface area contributed by atoms with Crippen molar-refractivity contribution in [3.05, 3.63) is 23.9 Å². The monoisotopic (exact) mass is 286 g/mol. The topological polar surface area (TPSA) is 74.2 Å². The Labute approximate surface area is 123 Å². The molecule has 21 heavy (non-hydrogen) atoms. The molecule has 3 rings (SSSR count). The number of methoxy groups -OCH3 is 2. The highest BCUT2D eigenvalue weighted by Gasteiger charge is 2.45. The van der Waals surface area contributed by atoms with Crippen LogP contribution in [0, 0.1) is 11.3 Å². The molecule has 0 saturated carbocycles. The summed E-state index contributed by atoms with van der Waals surface area (Å²) in [4.78, 5) is 9.61. The van der Waals surface area contributed by atoms with E-state index >= 15 is 0 Å². The fourth-order valence-electron chi connectivity index (χ4n) is 3.04. The third kappa shape index (κ3) is 1.97. The molecular formula is C15H18N4O2. The van der Waals surface area contributed by atoms with Gasteiger partial charge in [-0.3, -0.25) is 4.98 Å². The molecule has 6 nitrogen and oxygen atoms in total. The quantitative estimate of drug-likeness (QED) is 0.937. The summed E-state index contributed by atoms with van der Waals surface area (Å²) >= 11 is 0. The number of pyridine rings is 1. The number of hydrogen-bond donors (Lipinski definition) is 1. The summed E-state index contributed by atoms with van der Waals surface area (Å²) in [6.07, 6.45) is 3.23. The zero-order chi connectivity index (χ0) is 15.0. The zero-order valence-corrected chi connectivity index (χ0v) is 12.4. The van der Waals surface area contributed by atoms with Crippen molar-refractivity contribution < 1.29 is 9.47 Å². The number of hydrogen-bond acceptors (Lipinski definition) is 5. The Bertz CT molecular complexity index is 705. The van der Waals surface area contributed by atoms with Crippen LogP contribution in [0.15, 0.2) is 18.3 Å². The van der Waals surface area contributed by atoms with E-state index in [2.05, 4.69) is 16.0 Å². The van der Waals surface area contributed by atoms with Crippen LogP contribution < -0.4 is 4.90 Å². The lowest BCUT2D eigenvalue weighted by Gasteiger charge is -2.37. The minimum Gasteiger partial charge on any atom is -0.361 e. The number of rotatable bonds is 3. The molecule has 1 N–H and O–H groups in total. The van der Waals surface area contributed by atoms with E-state index in [1.165, 1.54) is 0 Å². The molecule has 0 aliphatic carbocycles. The summed E-state index contributed by atoms with van der Waals surface area (Å²) in [6.45, 7) is 2.01. The number of H-pyrrole nitrogens is 1. The van der Waals surface area contributed by atoms with E-state index in [1.807, 2.05) is 24.0 Å². The number of nitriles is 1. The molecule has 1 fully saturated rings. The van der Waals surface area contributed by atoms with Gasteiger partial charge in [-0.25, -0.2) is 0 Å². The summed E-state index contributed by atoms with van der Waals surface area (Å²) < 4.78 is 11.3. The number of aromatic nitrogens is 2. The van der Waals surface area contributed by atoms with Crippen LogP contribution in [0.3, 0.4) is 0 Å². The molecule has 2 aromatic rings. The molecule has 0 radical (unpaired) electrons. The van der Waals surface area contributed by atoms with Gasteiger partial charge in [0.1, 0.15) is 34.9 Å². The fourth-order valence-corrected chi connectivity index (χ4v) is 3.04. The van der Waals surface area contributed by atoms with Crippen LogP contribution in [0.2, 0.25) is 0 Å². The molecule has 1 aliphatic rings. The van der Waals surface area contributed by atoms with Crippen LogP contribution in [-0.4, -0.2) is 36.1 Å². The van der Waals surface area contributed by atoms with Gasteiger partial charge in [-0.2, -0.15) is 5.26 Å². The van der Waals surface area contributed by atoms with Crippen molar-refractivity contribution in [2.75, 3.05) is 19.1 Å². The lowest BCUT2D eigenvalue weighted by Crippen LogP contribution is -2.48. The summed E-state index contributed by atoms with van der Waals surface area (Å²) in [5.74, 6) is 0.708. The molecule has 6 heteroatoms. The van der Waals surface area contributed by atoms with Gasteiger partial charge in [0.25, 0.3) is 0 Å². The SMILES string of the molecule is COC1CC[C@](C)(OC)N1c1[nH]c2cccnc2c1C#N. The van der Waals surface area contributed by atoms with E-state index in [9.17, 15) is 5.26 Å². The van der Waals surface area contributed by atoms with E-state index in [0.29, 0.717) is 16.9 Å². The lowest BCUT2D eigenvalue weighted by atomic mass is 10.2. The van der Waals surface area contributed by atoms with Gasteiger partial charge >= 0.3 is 0 Å². The second-order valence-corrected chi connectivity index (χ2v) is 5.34. The number of ether oxygens (including phenoxy) is 2. The molecular weight excluding hydrogens is 268 g/mol. The third-order valence-corrected chi connectivity index (χ3v) is 4.25. The van der Waals surface area contributed by atoms with Crippen molar-refractivity contribution in [3.8, 4) is 6.07 Å². The second kappa shape index (κ2) is 5.02. The first-order chi connectivity index (χ1) is 10.1. The summed E-state index contributed by atoms with van der Waals surface area (Å²) in [7, 11) is 3.35. The molecule has 0 spiro atoms. The van der Waals surface area contributed by atoms with E-state index in [0.717, 1.165) is 18.4 Å². The highest BCUT2D eigenvalue weighted by molar-refractivity contribution is 5.88. The van der Waals surface area contributed by atoms with Crippen molar-refractivity contribution in [1.82, 2.24) is 9.97 Å². The Morgan fingerprint density at radius 3 is 3.00 bits per heavy atom. The van der Waals surface area contributed by atoms with E-state index in [4.69, 9.17) is 9.47 Å². The first-order valence-electron chi connectivity index (χ1n) is 6.88. The molecule has 1 unspecified atom stereocenters. The minimum atomic E-state index is -0.507. The molecule has 0 aromatic carbocycles. The van der Waals surface area contributed by atoms with Crippen LogP contribution >= 0.6 is 0 Å². The maximum absolute atomic E-state index is 9.55. The van der Waals surface area contributed by atoms with Crippen molar-refractivity contribution >= 4 is 16.9 Å². The first-order valence-corrected chi connectivity index (χ1v) is 6.88. The van der Waals surface area contributed by atoms with Gasteiger partial charge < -0.3 is 19.4 Å². The molecule has 0 amide bonds. The number of fused-ring (bicyclic) bond motifs is 1. The highest BCUT2D eigenvalue weighted by Crippen LogP contribution is 2.41. The molecule has 3 heterocycles. The van der Waals surface area contributed by atoms with E-state index in [-0.39, 0.29) is 6.23 Å². The van der Waals surface area contributed by atoms with Gasteiger partial charge in [0.05, 0.1) is 5.52 Å². The number of nitrogens with one attached hydrogen (secondary N) is 1.